The lowest BCUT2D eigenvalue weighted by molar-refractivity contribution is -0.224. The molecule has 0 aliphatic carbocycles. The molecule has 1 N–H and O–H groups in total. The van der Waals surface area contributed by atoms with Crippen LogP contribution >= 0.6 is 0 Å². The van der Waals surface area contributed by atoms with Gasteiger partial charge in [0.15, 0.2) is 23.3 Å². The zero-order valence-electron chi connectivity index (χ0n) is 13.7. The second kappa shape index (κ2) is 6.53. The predicted octanol–water partition coefficient (Wildman–Crippen LogP) is 4.48. The third kappa shape index (κ3) is 3.45. The number of ether oxygens (including phenoxy) is 2. The third-order valence-corrected chi connectivity index (χ3v) is 5.30. The molecule has 0 bridgehead atoms. The molecule has 0 unspecified atom stereocenters. The Kier molecular flexibility index (Phi) is 4.67. The number of hydrogen-bond acceptors (Lipinski definition) is 5. The molecule has 0 radical (unpaired) electrons. The SMILES string of the molecule is [C-]#[N+]c1cc(F)cc(Oc2ccc(S(=O)(=O)C(F)(F)F)c3c2OC(F)(F)[C@H]3O)c1. The molecule has 0 saturated heterocycles. The maximum Gasteiger partial charge on any atom is 0.501 e. The lowest BCUT2D eigenvalue weighted by Gasteiger charge is -2.15. The zero-order chi connectivity index (χ0) is 21.8. The standard InChI is InChI=1S/C16H7F6NO5S/c1-23-8-4-7(17)5-9(6-8)27-10-2-3-11(29(25,26)16(20,21)22)12-13(10)28-15(18,19)14(12)24/h2-6,14,24H/t14-/m0/s1. The summed E-state index contributed by atoms with van der Waals surface area (Å²) in [6.07, 6.45) is -7.50. The first-order chi connectivity index (χ1) is 13.3. The van der Waals surface area contributed by atoms with Gasteiger partial charge in [0.2, 0.25) is 0 Å². The Labute approximate surface area is 158 Å². The Bertz CT molecular complexity index is 1140. The number of sulfone groups is 1. The fourth-order valence-corrected chi connectivity index (χ4v) is 3.51. The maximum atomic E-state index is 13.8. The van der Waals surface area contributed by atoms with Crippen molar-refractivity contribution in [2.45, 2.75) is 22.6 Å². The van der Waals surface area contributed by atoms with Gasteiger partial charge < -0.3 is 14.6 Å². The molecule has 2 aromatic rings. The lowest BCUT2D eigenvalue weighted by atomic mass is 10.1. The van der Waals surface area contributed by atoms with Crippen molar-refractivity contribution in [2.24, 2.45) is 0 Å². The van der Waals surface area contributed by atoms with Crippen molar-refractivity contribution in [3.8, 4) is 17.2 Å². The summed E-state index contributed by atoms with van der Waals surface area (Å²) >= 11 is 0. The van der Waals surface area contributed by atoms with Gasteiger partial charge in [0.1, 0.15) is 11.6 Å². The monoisotopic (exact) mass is 439 g/mol. The van der Waals surface area contributed by atoms with Crippen LogP contribution < -0.4 is 9.47 Å². The number of hydrogen-bond donors (Lipinski definition) is 1. The number of aliphatic hydroxyl groups is 1. The Morgan fingerprint density at radius 2 is 1.86 bits per heavy atom. The highest BCUT2D eigenvalue weighted by Gasteiger charge is 2.57. The maximum absolute atomic E-state index is 13.8. The number of halogens is 6. The number of alkyl halides is 5. The van der Waals surface area contributed by atoms with Gasteiger partial charge in [-0.25, -0.2) is 17.7 Å². The van der Waals surface area contributed by atoms with Crippen LogP contribution in [0.15, 0.2) is 35.2 Å². The molecular formula is C16H7F6NO5S. The predicted molar refractivity (Wildman–Crippen MR) is 83.0 cm³/mol. The van der Waals surface area contributed by atoms with Crippen molar-refractivity contribution in [3.63, 3.8) is 0 Å². The van der Waals surface area contributed by atoms with Crippen LogP contribution in [0.25, 0.3) is 4.85 Å². The highest BCUT2D eigenvalue weighted by atomic mass is 32.2. The molecule has 1 heterocycles. The fraction of sp³-hybridized carbons (Fsp3) is 0.188. The molecule has 6 nitrogen and oxygen atoms in total. The van der Waals surface area contributed by atoms with E-state index in [0.717, 1.165) is 18.2 Å². The van der Waals surface area contributed by atoms with Crippen LogP contribution in [-0.4, -0.2) is 25.1 Å². The van der Waals surface area contributed by atoms with Gasteiger partial charge in [-0.1, -0.05) is 0 Å². The van der Waals surface area contributed by atoms with E-state index in [9.17, 15) is 39.9 Å². The van der Waals surface area contributed by atoms with Gasteiger partial charge >= 0.3 is 11.6 Å². The first-order valence-corrected chi connectivity index (χ1v) is 8.85. The summed E-state index contributed by atoms with van der Waals surface area (Å²) in [6, 6.07) is 3.45. The van der Waals surface area contributed by atoms with E-state index >= 15 is 0 Å². The first kappa shape index (κ1) is 20.7. The van der Waals surface area contributed by atoms with E-state index in [1.54, 1.807) is 0 Å². The summed E-state index contributed by atoms with van der Waals surface area (Å²) in [6.45, 7) is 6.85. The van der Waals surface area contributed by atoms with E-state index in [-0.39, 0.29) is 5.69 Å². The van der Waals surface area contributed by atoms with Gasteiger partial charge in [0.05, 0.1) is 17.0 Å². The van der Waals surface area contributed by atoms with Gasteiger partial charge in [-0.3, -0.25) is 0 Å². The number of aliphatic hydroxyl groups excluding tert-OH is 1. The summed E-state index contributed by atoms with van der Waals surface area (Å²) in [5.41, 5.74) is -7.43. The summed E-state index contributed by atoms with van der Waals surface area (Å²) in [7, 11) is -6.12. The Morgan fingerprint density at radius 3 is 2.45 bits per heavy atom. The molecule has 2 aromatic carbocycles. The first-order valence-electron chi connectivity index (χ1n) is 7.37. The van der Waals surface area contributed by atoms with Gasteiger partial charge in [0.25, 0.3) is 9.84 Å². The molecule has 1 aliphatic heterocycles. The van der Waals surface area contributed by atoms with Crippen molar-refractivity contribution in [2.75, 3.05) is 0 Å². The van der Waals surface area contributed by atoms with Crippen molar-refractivity contribution < 1.29 is 49.3 Å². The largest absolute Gasteiger partial charge is 0.501 e. The third-order valence-electron chi connectivity index (χ3n) is 3.76. The molecular weight excluding hydrogens is 432 g/mol. The fourth-order valence-electron chi connectivity index (χ4n) is 2.52. The molecule has 0 aromatic heterocycles. The van der Waals surface area contributed by atoms with Crippen LogP contribution in [0.3, 0.4) is 0 Å². The molecule has 154 valence electrons. The molecule has 29 heavy (non-hydrogen) atoms. The van der Waals surface area contributed by atoms with Crippen molar-refractivity contribution in [1.82, 2.24) is 0 Å². The van der Waals surface area contributed by atoms with E-state index < -0.39 is 61.1 Å². The van der Waals surface area contributed by atoms with Gasteiger partial charge in [-0.15, -0.1) is 0 Å². The van der Waals surface area contributed by atoms with E-state index in [1.165, 1.54) is 0 Å². The summed E-state index contributed by atoms with van der Waals surface area (Å²) in [5.74, 6) is -3.23. The highest BCUT2D eigenvalue weighted by Crippen LogP contribution is 2.54. The van der Waals surface area contributed by atoms with E-state index in [0.29, 0.717) is 12.1 Å². The van der Waals surface area contributed by atoms with E-state index in [4.69, 9.17) is 11.3 Å². The van der Waals surface area contributed by atoms with Gasteiger partial charge in [0, 0.05) is 6.07 Å². The molecule has 0 spiro atoms. The minimum Gasteiger partial charge on any atom is -0.455 e. The van der Waals surface area contributed by atoms with Gasteiger partial charge in [-0.05, 0) is 24.3 Å². The summed E-state index contributed by atoms with van der Waals surface area (Å²) < 4.78 is 112. The van der Waals surface area contributed by atoms with Crippen LogP contribution in [0, 0.1) is 12.4 Å². The van der Waals surface area contributed by atoms with E-state index in [2.05, 4.69) is 9.58 Å². The zero-order valence-corrected chi connectivity index (χ0v) is 14.5. The quantitative estimate of drug-likeness (QED) is 0.564. The summed E-state index contributed by atoms with van der Waals surface area (Å²) in [4.78, 5) is 1.31. The molecule has 0 saturated carbocycles. The molecule has 0 amide bonds. The normalized spacial score (nSPS) is 17.9. The Hall–Kier alpha value is -2.98. The number of benzene rings is 2. The van der Waals surface area contributed by atoms with Crippen molar-refractivity contribution in [3.05, 3.63) is 53.1 Å². The highest BCUT2D eigenvalue weighted by molar-refractivity contribution is 7.92. The van der Waals surface area contributed by atoms with E-state index in [1.807, 2.05) is 0 Å². The van der Waals surface area contributed by atoms with Crippen molar-refractivity contribution in [1.29, 1.82) is 0 Å². The molecule has 1 atom stereocenters. The van der Waals surface area contributed by atoms with Crippen LogP contribution in [0.2, 0.25) is 0 Å². The molecule has 13 heteroatoms. The molecule has 1 aliphatic rings. The Balaban J connectivity index is 2.19. The van der Waals surface area contributed by atoms with Crippen LogP contribution in [0.4, 0.5) is 32.0 Å². The molecule has 0 fully saturated rings. The van der Waals surface area contributed by atoms with Crippen LogP contribution in [-0.2, 0) is 9.84 Å². The number of fused-ring (bicyclic) bond motifs is 1. The minimum absolute atomic E-state index is 0.237. The van der Waals surface area contributed by atoms with Gasteiger partial charge in [-0.2, -0.15) is 22.0 Å². The van der Waals surface area contributed by atoms with Crippen molar-refractivity contribution >= 4 is 15.5 Å². The average molecular weight is 439 g/mol. The lowest BCUT2D eigenvalue weighted by Crippen LogP contribution is -2.28. The number of rotatable bonds is 3. The second-order valence-electron chi connectivity index (χ2n) is 5.68. The smallest absolute Gasteiger partial charge is 0.455 e. The average Bonchev–Trinajstić information content (AvgIpc) is 2.84. The topological polar surface area (TPSA) is 77.2 Å². The Morgan fingerprint density at radius 1 is 1.21 bits per heavy atom. The second-order valence-corrected chi connectivity index (χ2v) is 7.59. The van der Waals surface area contributed by atoms with Crippen LogP contribution in [0.5, 0.6) is 17.2 Å². The van der Waals surface area contributed by atoms with Crippen LogP contribution in [0.1, 0.15) is 11.7 Å². The number of nitrogens with zero attached hydrogens (tertiary/aromatic N) is 1. The minimum atomic E-state index is -6.12. The molecule has 3 rings (SSSR count). The summed E-state index contributed by atoms with van der Waals surface area (Å²) in [5, 5.41) is 9.67.